The third-order valence-electron chi connectivity index (χ3n) is 2.46. The Morgan fingerprint density at radius 1 is 1.38 bits per heavy atom. The van der Waals surface area contributed by atoms with E-state index in [2.05, 4.69) is 27.0 Å². The summed E-state index contributed by atoms with van der Waals surface area (Å²) in [5.41, 5.74) is 1.37. The summed E-state index contributed by atoms with van der Waals surface area (Å²) in [6, 6.07) is 2.10. The van der Waals surface area contributed by atoms with Gasteiger partial charge in [-0.1, -0.05) is 0 Å². The molecule has 0 amide bonds. The molecule has 0 aliphatic carbocycles. The summed E-state index contributed by atoms with van der Waals surface area (Å²) in [5.74, 6) is 0.645. The fraction of sp³-hybridized carbons (Fsp3) is 0.500. The molecule has 0 aromatic carbocycles. The van der Waals surface area contributed by atoms with Gasteiger partial charge in [0.05, 0.1) is 0 Å². The minimum atomic E-state index is 0.645. The highest BCUT2D eigenvalue weighted by atomic mass is 79.9. The summed E-state index contributed by atoms with van der Waals surface area (Å²) >= 11 is 3.53. The van der Waals surface area contributed by atoms with Crippen molar-refractivity contribution in [2.75, 3.05) is 13.2 Å². The molecule has 0 saturated carbocycles. The molecule has 1 aliphatic rings. The zero-order chi connectivity index (χ0) is 9.10. The van der Waals surface area contributed by atoms with E-state index >= 15 is 0 Å². The molecule has 0 bridgehead atoms. The Kier molecular flexibility index (Phi) is 2.96. The second-order valence-electron chi connectivity index (χ2n) is 3.28. The van der Waals surface area contributed by atoms with E-state index in [-0.39, 0.29) is 0 Å². The van der Waals surface area contributed by atoms with Crippen molar-refractivity contribution in [1.82, 2.24) is 4.98 Å². The van der Waals surface area contributed by atoms with Crippen molar-refractivity contribution in [3.05, 3.63) is 28.5 Å². The number of pyridine rings is 1. The van der Waals surface area contributed by atoms with Gasteiger partial charge in [0, 0.05) is 30.1 Å². The number of rotatable bonds is 1. The third kappa shape index (κ3) is 2.09. The molecule has 70 valence electrons. The van der Waals surface area contributed by atoms with Gasteiger partial charge in [0.2, 0.25) is 0 Å². The topological polar surface area (TPSA) is 22.1 Å². The maximum absolute atomic E-state index is 5.33. The Morgan fingerprint density at radius 3 is 2.85 bits per heavy atom. The van der Waals surface area contributed by atoms with Crippen molar-refractivity contribution < 1.29 is 4.74 Å². The van der Waals surface area contributed by atoms with Gasteiger partial charge in [-0.2, -0.15) is 0 Å². The number of hydrogen-bond acceptors (Lipinski definition) is 2. The average Bonchev–Trinajstić information content (AvgIpc) is 2.20. The van der Waals surface area contributed by atoms with E-state index in [0.717, 1.165) is 30.5 Å². The van der Waals surface area contributed by atoms with Crippen LogP contribution in [0.4, 0.5) is 0 Å². The quantitative estimate of drug-likeness (QED) is 0.755. The van der Waals surface area contributed by atoms with Crippen LogP contribution in [0.15, 0.2) is 22.9 Å². The van der Waals surface area contributed by atoms with E-state index in [9.17, 15) is 0 Å². The van der Waals surface area contributed by atoms with E-state index < -0.39 is 0 Å². The molecule has 0 spiro atoms. The summed E-state index contributed by atoms with van der Waals surface area (Å²) < 4.78 is 6.46. The normalized spacial score (nSPS) is 18.8. The first-order chi connectivity index (χ1) is 6.38. The van der Waals surface area contributed by atoms with Gasteiger partial charge in [0.1, 0.15) is 0 Å². The van der Waals surface area contributed by atoms with E-state index in [1.54, 1.807) is 0 Å². The van der Waals surface area contributed by atoms with Gasteiger partial charge in [0.15, 0.2) is 0 Å². The van der Waals surface area contributed by atoms with Gasteiger partial charge in [-0.05, 0) is 46.3 Å². The van der Waals surface area contributed by atoms with Crippen LogP contribution in [0.25, 0.3) is 0 Å². The first-order valence-corrected chi connectivity index (χ1v) is 5.34. The van der Waals surface area contributed by atoms with Gasteiger partial charge >= 0.3 is 0 Å². The summed E-state index contributed by atoms with van der Waals surface area (Å²) in [6.45, 7) is 1.78. The van der Waals surface area contributed by atoms with Gasteiger partial charge in [-0.3, -0.25) is 4.98 Å². The highest BCUT2D eigenvalue weighted by Crippen LogP contribution is 2.31. The Balaban J connectivity index is 2.18. The Labute approximate surface area is 86.5 Å². The molecule has 0 radical (unpaired) electrons. The predicted molar refractivity (Wildman–Crippen MR) is 54.7 cm³/mol. The monoisotopic (exact) mass is 241 g/mol. The highest BCUT2D eigenvalue weighted by Gasteiger charge is 2.17. The fourth-order valence-electron chi connectivity index (χ4n) is 1.73. The number of aromatic nitrogens is 1. The Bertz CT molecular complexity index is 284. The van der Waals surface area contributed by atoms with Crippen molar-refractivity contribution in [2.24, 2.45) is 0 Å². The molecule has 2 nitrogen and oxygen atoms in total. The molecule has 13 heavy (non-hydrogen) atoms. The molecule has 1 aliphatic heterocycles. The molecule has 1 aromatic heterocycles. The molecule has 2 heterocycles. The van der Waals surface area contributed by atoms with Crippen molar-refractivity contribution in [3.63, 3.8) is 0 Å². The third-order valence-corrected chi connectivity index (χ3v) is 3.13. The molecular formula is C10H12BrNO. The first-order valence-electron chi connectivity index (χ1n) is 4.55. The zero-order valence-corrected chi connectivity index (χ0v) is 8.96. The van der Waals surface area contributed by atoms with Crippen LogP contribution >= 0.6 is 15.9 Å². The molecule has 0 unspecified atom stereocenters. The first kappa shape index (κ1) is 9.16. The van der Waals surface area contributed by atoms with E-state index in [0.29, 0.717) is 5.92 Å². The number of nitrogens with zero attached hydrogens (tertiary/aromatic N) is 1. The number of ether oxygens (including phenoxy) is 1. The average molecular weight is 242 g/mol. The van der Waals surface area contributed by atoms with Crippen molar-refractivity contribution >= 4 is 15.9 Å². The second kappa shape index (κ2) is 4.20. The van der Waals surface area contributed by atoms with Crippen LogP contribution in [-0.2, 0) is 4.74 Å². The minimum Gasteiger partial charge on any atom is -0.381 e. The smallest absolute Gasteiger partial charge is 0.0471 e. The largest absolute Gasteiger partial charge is 0.381 e. The lowest BCUT2D eigenvalue weighted by atomic mass is 9.93. The lowest BCUT2D eigenvalue weighted by Gasteiger charge is -2.22. The molecule has 0 atom stereocenters. The molecule has 2 rings (SSSR count). The van der Waals surface area contributed by atoms with E-state index in [1.165, 1.54) is 5.56 Å². The Hall–Kier alpha value is -0.410. The van der Waals surface area contributed by atoms with Crippen molar-refractivity contribution in [2.45, 2.75) is 18.8 Å². The number of hydrogen-bond donors (Lipinski definition) is 0. The van der Waals surface area contributed by atoms with Crippen LogP contribution in [0, 0.1) is 0 Å². The van der Waals surface area contributed by atoms with Crippen LogP contribution in [0.2, 0.25) is 0 Å². The molecule has 1 saturated heterocycles. The molecular weight excluding hydrogens is 230 g/mol. The molecule has 1 fully saturated rings. The van der Waals surface area contributed by atoms with Crippen LogP contribution in [0.5, 0.6) is 0 Å². The summed E-state index contributed by atoms with van der Waals surface area (Å²) in [6.07, 6.45) is 5.98. The summed E-state index contributed by atoms with van der Waals surface area (Å²) in [7, 11) is 0. The second-order valence-corrected chi connectivity index (χ2v) is 4.14. The summed E-state index contributed by atoms with van der Waals surface area (Å²) in [4.78, 5) is 4.06. The van der Waals surface area contributed by atoms with Gasteiger partial charge in [-0.15, -0.1) is 0 Å². The van der Waals surface area contributed by atoms with Crippen LogP contribution in [-0.4, -0.2) is 18.2 Å². The Morgan fingerprint density at radius 2 is 2.15 bits per heavy atom. The van der Waals surface area contributed by atoms with Crippen molar-refractivity contribution in [3.8, 4) is 0 Å². The van der Waals surface area contributed by atoms with Crippen LogP contribution in [0.1, 0.15) is 24.3 Å². The van der Waals surface area contributed by atoms with Crippen LogP contribution < -0.4 is 0 Å². The standard InChI is InChI=1S/C10H12BrNO/c11-10-7-12-4-1-9(10)8-2-5-13-6-3-8/h1,4,7-8H,2-3,5-6H2. The van der Waals surface area contributed by atoms with Crippen molar-refractivity contribution in [1.29, 1.82) is 0 Å². The molecule has 1 aromatic rings. The lowest BCUT2D eigenvalue weighted by Crippen LogP contribution is -2.14. The number of halogens is 1. The fourth-order valence-corrected chi connectivity index (χ4v) is 2.30. The molecule has 0 N–H and O–H groups in total. The maximum atomic E-state index is 5.33. The van der Waals surface area contributed by atoms with Crippen LogP contribution in [0.3, 0.4) is 0 Å². The SMILES string of the molecule is Brc1cnccc1C1CCOCC1. The zero-order valence-electron chi connectivity index (χ0n) is 7.37. The molecule has 3 heteroatoms. The van der Waals surface area contributed by atoms with Gasteiger partial charge in [-0.25, -0.2) is 0 Å². The highest BCUT2D eigenvalue weighted by molar-refractivity contribution is 9.10. The summed E-state index contributed by atoms with van der Waals surface area (Å²) in [5, 5.41) is 0. The predicted octanol–water partition coefficient (Wildman–Crippen LogP) is 2.74. The lowest BCUT2D eigenvalue weighted by molar-refractivity contribution is 0.0852. The van der Waals surface area contributed by atoms with E-state index in [1.807, 2.05) is 12.4 Å². The maximum Gasteiger partial charge on any atom is 0.0471 e. The van der Waals surface area contributed by atoms with E-state index in [4.69, 9.17) is 4.74 Å². The van der Waals surface area contributed by atoms with Gasteiger partial charge in [0.25, 0.3) is 0 Å². The van der Waals surface area contributed by atoms with Gasteiger partial charge < -0.3 is 4.74 Å². The minimum absolute atomic E-state index is 0.645.